The lowest BCUT2D eigenvalue weighted by Crippen LogP contribution is -2.17. The number of carbonyl (C=O) groups excluding carboxylic acids is 2. The molecule has 3 nitrogen and oxygen atoms in total. The van der Waals surface area contributed by atoms with Gasteiger partial charge >= 0.3 is 5.97 Å². The fourth-order valence-corrected chi connectivity index (χ4v) is 1.91. The van der Waals surface area contributed by atoms with Crippen molar-refractivity contribution in [3.8, 4) is 0 Å². The van der Waals surface area contributed by atoms with E-state index in [0.717, 1.165) is 19.3 Å². The van der Waals surface area contributed by atoms with Gasteiger partial charge < -0.3 is 4.74 Å². The predicted octanol–water partition coefficient (Wildman–Crippen LogP) is 1.55. The van der Waals surface area contributed by atoms with Gasteiger partial charge in [0.15, 0.2) is 0 Å². The van der Waals surface area contributed by atoms with Crippen LogP contribution < -0.4 is 0 Å². The van der Waals surface area contributed by atoms with E-state index in [0.29, 0.717) is 0 Å². The molecule has 1 aliphatic rings. The van der Waals surface area contributed by atoms with E-state index in [1.54, 1.807) is 0 Å². The fourth-order valence-electron chi connectivity index (χ4n) is 1.91. The van der Waals surface area contributed by atoms with Crippen molar-refractivity contribution >= 4 is 11.8 Å². The molecule has 1 saturated carbocycles. The average molecular weight is 184 g/mol. The molecule has 0 radical (unpaired) electrons. The maximum absolute atomic E-state index is 11.6. The van der Waals surface area contributed by atoms with Gasteiger partial charge in [-0.05, 0) is 19.3 Å². The van der Waals surface area contributed by atoms with Crippen LogP contribution in [-0.2, 0) is 14.3 Å². The third-order valence-electron chi connectivity index (χ3n) is 2.80. The minimum atomic E-state index is -0.268. The molecule has 0 N–H and O–H groups in total. The summed E-state index contributed by atoms with van der Waals surface area (Å²) >= 11 is 0. The van der Waals surface area contributed by atoms with E-state index < -0.39 is 0 Å². The Hall–Kier alpha value is -0.860. The van der Waals surface area contributed by atoms with Crippen LogP contribution in [0.1, 0.15) is 32.6 Å². The molecule has 0 aromatic carbocycles. The number of carbonyl (C=O) groups is 2. The Balaban J connectivity index is 2.45. The van der Waals surface area contributed by atoms with Gasteiger partial charge in [-0.25, -0.2) is 0 Å². The molecular weight excluding hydrogens is 168 g/mol. The maximum atomic E-state index is 11.6. The molecule has 0 aromatic heterocycles. The molecule has 0 spiro atoms. The second-order valence-electron chi connectivity index (χ2n) is 3.56. The van der Waals surface area contributed by atoms with Crippen LogP contribution in [0.4, 0.5) is 0 Å². The van der Waals surface area contributed by atoms with Crippen LogP contribution in [-0.4, -0.2) is 18.9 Å². The Morgan fingerprint density at radius 2 is 2.08 bits per heavy atom. The monoisotopic (exact) mass is 184 g/mol. The summed E-state index contributed by atoms with van der Waals surface area (Å²) in [6, 6.07) is 0. The number of ether oxygens (including phenoxy) is 1. The van der Waals surface area contributed by atoms with Gasteiger partial charge in [0.05, 0.1) is 13.5 Å². The van der Waals surface area contributed by atoms with Gasteiger partial charge in [-0.1, -0.05) is 6.92 Å². The van der Waals surface area contributed by atoms with Gasteiger partial charge in [0.2, 0.25) is 0 Å². The molecule has 0 aliphatic heterocycles. The van der Waals surface area contributed by atoms with Gasteiger partial charge in [-0.2, -0.15) is 0 Å². The summed E-state index contributed by atoms with van der Waals surface area (Å²) in [7, 11) is 1.36. The highest BCUT2D eigenvalue weighted by Crippen LogP contribution is 2.31. The quantitative estimate of drug-likeness (QED) is 0.625. The van der Waals surface area contributed by atoms with E-state index >= 15 is 0 Å². The normalized spacial score (nSPS) is 27.7. The van der Waals surface area contributed by atoms with Crippen molar-refractivity contribution in [2.75, 3.05) is 7.11 Å². The number of Topliss-reactive ketones (excluding diaryl/α,β-unsaturated/α-hetero) is 1. The number of methoxy groups -OCH3 is 1. The van der Waals surface area contributed by atoms with Crippen LogP contribution in [0.5, 0.6) is 0 Å². The van der Waals surface area contributed by atoms with Crippen molar-refractivity contribution in [1.82, 2.24) is 0 Å². The van der Waals surface area contributed by atoms with Crippen molar-refractivity contribution < 1.29 is 14.3 Å². The highest BCUT2D eigenvalue weighted by atomic mass is 16.5. The lowest BCUT2D eigenvalue weighted by atomic mass is 9.98. The smallest absolute Gasteiger partial charge is 0.306 e. The Morgan fingerprint density at radius 1 is 1.46 bits per heavy atom. The highest BCUT2D eigenvalue weighted by Gasteiger charge is 2.34. The number of hydrogen-bond donors (Lipinski definition) is 0. The standard InChI is InChI=1S/C10H16O3/c1-3-7-4-5-8(10(7)12)6-9(11)13-2/h7-8H,3-6H2,1-2H3. The highest BCUT2D eigenvalue weighted by molar-refractivity contribution is 5.88. The van der Waals surface area contributed by atoms with Crippen LogP contribution >= 0.6 is 0 Å². The number of ketones is 1. The number of rotatable bonds is 3. The van der Waals surface area contributed by atoms with Gasteiger partial charge in [0.1, 0.15) is 5.78 Å². The van der Waals surface area contributed by atoms with Crippen LogP contribution in [0.2, 0.25) is 0 Å². The first-order valence-electron chi connectivity index (χ1n) is 4.79. The van der Waals surface area contributed by atoms with Crippen LogP contribution in [0.25, 0.3) is 0 Å². The molecule has 13 heavy (non-hydrogen) atoms. The maximum Gasteiger partial charge on any atom is 0.306 e. The molecule has 2 unspecified atom stereocenters. The van der Waals surface area contributed by atoms with E-state index in [1.165, 1.54) is 7.11 Å². The Morgan fingerprint density at radius 3 is 2.54 bits per heavy atom. The van der Waals surface area contributed by atoms with Crippen molar-refractivity contribution in [2.45, 2.75) is 32.6 Å². The lowest BCUT2D eigenvalue weighted by molar-refractivity contribution is -0.143. The van der Waals surface area contributed by atoms with Crippen molar-refractivity contribution in [3.63, 3.8) is 0 Å². The lowest BCUT2D eigenvalue weighted by Gasteiger charge is -2.07. The van der Waals surface area contributed by atoms with E-state index in [-0.39, 0.29) is 30.0 Å². The van der Waals surface area contributed by atoms with Crippen molar-refractivity contribution in [3.05, 3.63) is 0 Å². The average Bonchev–Trinajstić information content (AvgIpc) is 2.48. The van der Waals surface area contributed by atoms with E-state index in [2.05, 4.69) is 4.74 Å². The molecule has 1 aliphatic carbocycles. The Bertz CT molecular complexity index is 210. The third-order valence-corrected chi connectivity index (χ3v) is 2.80. The summed E-state index contributed by atoms with van der Waals surface area (Å²) in [6.07, 6.45) is 2.96. The molecule has 1 fully saturated rings. The molecule has 0 amide bonds. The summed E-state index contributed by atoms with van der Waals surface area (Å²) < 4.78 is 4.54. The largest absolute Gasteiger partial charge is 0.469 e. The zero-order valence-corrected chi connectivity index (χ0v) is 8.21. The molecule has 0 heterocycles. The van der Waals surface area contributed by atoms with Gasteiger partial charge in [0.25, 0.3) is 0 Å². The number of esters is 1. The minimum absolute atomic E-state index is 0.0719. The summed E-state index contributed by atoms with van der Waals surface area (Å²) in [5.41, 5.74) is 0. The Labute approximate surface area is 78.5 Å². The zero-order valence-electron chi connectivity index (χ0n) is 8.21. The summed E-state index contributed by atoms with van der Waals surface area (Å²) in [4.78, 5) is 22.5. The second-order valence-corrected chi connectivity index (χ2v) is 3.56. The van der Waals surface area contributed by atoms with Gasteiger partial charge in [0, 0.05) is 11.8 Å². The van der Waals surface area contributed by atoms with Crippen molar-refractivity contribution in [1.29, 1.82) is 0 Å². The topological polar surface area (TPSA) is 43.4 Å². The van der Waals surface area contributed by atoms with E-state index in [9.17, 15) is 9.59 Å². The molecular formula is C10H16O3. The third kappa shape index (κ3) is 2.29. The molecule has 1 rings (SSSR count). The summed E-state index contributed by atoms with van der Waals surface area (Å²) in [5.74, 6) is 0.107. The van der Waals surface area contributed by atoms with Crippen LogP contribution in [0, 0.1) is 11.8 Å². The van der Waals surface area contributed by atoms with Crippen LogP contribution in [0.3, 0.4) is 0 Å². The fraction of sp³-hybridized carbons (Fsp3) is 0.800. The number of hydrogen-bond acceptors (Lipinski definition) is 3. The first-order valence-corrected chi connectivity index (χ1v) is 4.79. The van der Waals surface area contributed by atoms with Gasteiger partial charge in [-0.3, -0.25) is 9.59 Å². The van der Waals surface area contributed by atoms with Crippen LogP contribution in [0.15, 0.2) is 0 Å². The molecule has 0 bridgehead atoms. The molecule has 3 heteroatoms. The first kappa shape index (κ1) is 10.2. The predicted molar refractivity (Wildman–Crippen MR) is 48.1 cm³/mol. The zero-order chi connectivity index (χ0) is 9.84. The van der Waals surface area contributed by atoms with E-state index in [4.69, 9.17) is 0 Å². The Kier molecular flexibility index (Phi) is 3.46. The minimum Gasteiger partial charge on any atom is -0.469 e. The summed E-state index contributed by atoms with van der Waals surface area (Å²) in [5, 5.41) is 0. The first-order chi connectivity index (χ1) is 6.19. The molecule has 74 valence electrons. The van der Waals surface area contributed by atoms with Crippen molar-refractivity contribution in [2.24, 2.45) is 11.8 Å². The molecule has 2 atom stereocenters. The molecule has 0 saturated heterocycles. The summed E-state index contributed by atoms with van der Waals surface area (Å²) in [6.45, 7) is 2.02. The molecule has 0 aromatic rings. The van der Waals surface area contributed by atoms with E-state index in [1.807, 2.05) is 6.92 Å². The second kappa shape index (κ2) is 4.40. The van der Waals surface area contributed by atoms with Gasteiger partial charge in [-0.15, -0.1) is 0 Å². The SMILES string of the molecule is CCC1CCC(CC(=O)OC)C1=O.